The average molecular weight is 378 g/mol. The Morgan fingerprint density at radius 3 is 2.15 bits per heavy atom. The predicted octanol–water partition coefficient (Wildman–Crippen LogP) is 3.45. The summed E-state index contributed by atoms with van der Waals surface area (Å²) >= 11 is 0. The van der Waals surface area contributed by atoms with Gasteiger partial charge in [-0.25, -0.2) is 13.2 Å². The van der Waals surface area contributed by atoms with E-state index in [1.165, 1.54) is 0 Å². The minimum absolute atomic E-state index is 0.000430. The van der Waals surface area contributed by atoms with Gasteiger partial charge in [-0.3, -0.25) is 9.80 Å². The van der Waals surface area contributed by atoms with E-state index in [-0.39, 0.29) is 29.6 Å². The van der Waals surface area contributed by atoms with E-state index in [2.05, 4.69) is 0 Å². The summed E-state index contributed by atoms with van der Waals surface area (Å²) < 4.78 is 24.8. The van der Waals surface area contributed by atoms with Crippen molar-refractivity contribution in [3.8, 4) is 0 Å². The van der Waals surface area contributed by atoms with Crippen molar-refractivity contribution in [3.05, 3.63) is 72.8 Å². The third-order valence-corrected chi connectivity index (χ3v) is 7.13. The monoisotopic (exact) mass is 378 g/mol. The first-order valence-electron chi connectivity index (χ1n) is 8.91. The second kappa shape index (κ2) is 5.82. The summed E-state index contributed by atoms with van der Waals surface area (Å²) in [5, 5.41) is 1.98. The van der Waals surface area contributed by atoms with Crippen LogP contribution in [0.15, 0.2) is 72.8 Å². The normalized spacial score (nSPS) is 23.8. The zero-order chi connectivity index (χ0) is 18.6. The van der Waals surface area contributed by atoms with Crippen molar-refractivity contribution < 1.29 is 13.2 Å². The van der Waals surface area contributed by atoms with Crippen LogP contribution in [0.1, 0.15) is 0 Å². The molecule has 5 nitrogen and oxygen atoms in total. The predicted molar refractivity (Wildman–Crippen MR) is 107 cm³/mol. The smallest absolute Gasteiger partial charge is 0.288 e. The minimum Gasteiger partial charge on any atom is -0.288 e. The SMILES string of the molecule is O=C1N(c2cccc3ccccc23)[C@@H]2CS(=O)(=O)C[C@@H]2N1c1ccccc1. The Labute approximate surface area is 157 Å². The summed E-state index contributed by atoms with van der Waals surface area (Å²) in [7, 11) is -3.20. The molecule has 0 aromatic heterocycles. The topological polar surface area (TPSA) is 57.7 Å². The van der Waals surface area contributed by atoms with Crippen LogP contribution in [0.3, 0.4) is 0 Å². The highest BCUT2D eigenvalue weighted by Crippen LogP contribution is 2.40. The van der Waals surface area contributed by atoms with Gasteiger partial charge in [0.1, 0.15) is 0 Å². The highest BCUT2D eigenvalue weighted by atomic mass is 32.2. The Morgan fingerprint density at radius 2 is 1.37 bits per heavy atom. The van der Waals surface area contributed by atoms with Crippen LogP contribution < -0.4 is 9.80 Å². The molecule has 2 amide bonds. The highest BCUT2D eigenvalue weighted by Gasteiger charge is 2.54. The molecule has 0 unspecified atom stereocenters. The molecular weight excluding hydrogens is 360 g/mol. The molecule has 2 aliphatic heterocycles. The van der Waals surface area contributed by atoms with Crippen molar-refractivity contribution >= 4 is 38.0 Å². The third-order valence-electron chi connectivity index (χ3n) is 5.43. The van der Waals surface area contributed by atoms with Crippen LogP contribution in [0, 0.1) is 0 Å². The summed E-state index contributed by atoms with van der Waals surface area (Å²) in [6, 6.07) is 22.1. The van der Waals surface area contributed by atoms with Gasteiger partial charge in [-0.1, -0.05) is 54.6 Å². The number of para-hydroxylation sites is 1. The lowest BCUT2D eigenvalue weighted by molar-refractivity contribution is 0.255. The van der Waals surface area contributed by atoms with Crippen LogP contribution >= 0.6 is 0 Å². The largest absolute Gasteiger partial charge is 0.329 e. The fourth-order valence-corrected chi connectivity index (χ4v) is 6.21. The Hall–Kier alpha value is -2.86. The first kappa shape index (κ1) is 16.3. The Kier molecular flexibility index (Phi) is 3.52. The van der Waals surface area contributed by atoms with Gasteiger partial charge in [-0.05, 0) is 23.6 Å². The van der Waals surface area contributed by atoms with Crippen LogP contribution in [0.25, 0.3) is 10.8 Å². The lowest BCUT2D eigenvalue weighted by Crippen LogP contribution is -2.38. The molecule has 2 heterocycles. The summed E-state index contributed by atoms with van der Waals surface area (Å²) in [5.41, 5.74) is 1.50. The van der Waals surface area contributed by atoms with Gasteiger partial charge in [-0.15, -0.1) is 0 Å². The molecule has 0 N–H and O–H groups in total. The molecule has 3 aromatic carbocycles. The molecule has 27 heavy (non-hydrogen) atoms. The molecule has 2 aliphatic rings. The average Bonchev–Trinajstić information content (AvgIpc) is 3.10. The Balaban J connectivity index is 1.69. The number of anilines is 2. The van der Waals surface area contributed by atoms with Gasteiger partial charge in [0, 0.05) is 11.1 Å². The molecule has 0 spiro atoms. The van der Waals surface area contributed by atoms with Gasteiger partial charge in [0.05, 0.1) is 29.3 Å². The lowest BCUT2D eigenvalue weighted by atomic mass is 10.1. The number of benzene rings is 3. The van der Waals surface area contributed by atoms with Crippen LogP contribution in [-0.2, 0) is 9.84 Å². The second-order valence-electron chi connectivity index (χ2n) is 7.07. The second-order valence-corrected chi connectivity index (χ2v) is 9.22. The van der Waals surface area contributed by atoms with Crippen molar-refractivity contribution in [2.24, 2.45) is 0 Å². The Bertz CT molecular complexity index is 1140. The molecule has 0 saturated carbocycles. The summed E-state index contributed by atoms with van der Waals surface area (Å²) in [5.74, 6) is -0.00444. The van der Waals surface area contributed by atoms with Crippen molar-refractivity contribution in [3.63, 3.8) is 0 Å². The number of amides is 2. The molecule has 6 heteroatoms. The number of nitrogens with zero attached hydrogens (tertiary/aromatic N) is 2. The molecule has 136 valence electrons. The van der Waals surface area contributed by atoms with Crippen LogP contribution in [-0.4, -0.2) is 38.0 Å². The number of fused-ring (bicyclic) bond motifs is 2. The fraction of sp³-hybridized carbons (Fsp3) is 0.190. The summed E-state index contributed by atoms with van der Waals surface area (Å²) in [6.07, 6.45) is 0. The molecule has 3 aromatic rings. The van der Waals surface area contributed by atoms with Crippen LogP contribution in [0.4, 0.5) is 16.2 Å². The van der Waals surface area contributed by atoms with E-state index in [1.807, 2.05) is 72.8 Å². The quantitative estimate of drug-likeness (QED) is 0.642. The van der Waals surface area contributed by atoms with Gasteiger partial charge in [-0.2, -0.15) is 0 Å². The summed E-state index contributed by atoms with van der Waals surface area (Å²) in [4.78, 5) is 16.8. The van der Waals surface area contributed by atoms with E-state index in [9.17, 15) is 13.2 Å². The van der Waals surface area contributed by atoms with Crippen molar-refractivity contribution in [1.82, 2.24) is 0 Å². The maximum Gasteiger partial charge on any atom is 0.329 e. The van der Waals surface area contributed by atoms with Crippen molar-refractivity contribution in [1.29, 1.82) is 0 Å². The molecule has 5 rings (SSSR count). The molecule has 0 bridgehead atoms. The molecule has 2 saturated heterocycles. The molecule has 0 radical (unpaired) electrons. The first-order valence-corrected chi connectivity index (χ1v) is 10.7. The van der Waals surface area contributed by atoms with E-state index >= 15 is 0 Å². The standard InChI is InChI=1S/C21H18N2O3S/c24-21-22(16-9-2-1-3-10-16)19-13-27(25,26)14-20(19)23(21)18-12-6-8-15-7-4-5-11-17(15)18/h1-12,19-20H,13-14H2/t19-,20+/m0/s1. The fourth-order valence-electron chi connectivity index (χ4n) is 4.29. The third kappa shape index (κ3) is 2.51. The van der Waals surface area contributed by atoms with Crippen LogP contribution in [0.2, 0.25) is 0 Å². The number of urea groups is 1. The highest BCUT2D eigenvalue weighted by molar-refractivity contribution is 7.91. The Morgan fingerprint density at radius 1 is 0.741 bits per heavy atom. The lowest BCUT2D eigenvalue weighted by Gasteiger charge is -2.24. The minimum atomic E-state index is -3.20. The van der Waals surface area contributed by atoms with E-state index in [0.29, 0.717) is 0 Å². The van der Waals surface area contributed by atoms with Gasteiger partial charge in [0.2, 0.25) is 0 Å². The maximum atomic E-state index is 13.4. The van der Waals surface area contributed by atoms with Gasteiger partial charge < -0.3 is 0 Å². The first-order chi connectivity index (χ1) is 13.1. The molecule has 0 aliphatic carbocycles. The van der Waals surface area contributed by atoms with Crippen LogP contribution in [0.5, 0.6) is 0 Å². The zero-order valence-electron chi connectivity index (χ0n) is 14.5. The number of sulfone groups is 1. The van der Waals surface area contributed by atoms with Gasteiger partial charge >= 0.3 is 6.03 Å². The number of carbonyl (C=O) groups excluding carboxylic acids is 1. The van der Waals surface area contributed by atoms with E-state index in [4.69, 9.17) is 0 Å². The van der Waals surface area contributed by atoms with Crippen molar-refractivity contribution in [2.75, 3.05) is 21.3 Å². The molecule has 2 atom stereocenters. The number of hydrogen-bond donors (Lipinski definition) is 0. The molecular formula is C21H18N2O3S. The zero-order valence-corrected chi connectivity index (χ0v) is 15.3. The van der Waals surface area contributed by atoms with E-state index in [1.54, 1.807) is 9.80 Å². The van der Waals surface area contributed by atoms with Gasteiger partial charge in [0.15, 0.2) is 9.84 Å². The van der Waals surface area contributed by atoms with E-state index < -0.39 is 9.84 Å². The van der Waals surface area contributed by atoms with Gasteiger partial charge in [0.25, 0.3) is 0 Å². The van der Waals surface area contributed by atoms with E-state index in [0.717, 1.165) is 22.1 Å². The number of rotatable bonds is 2. The maximum absolute atomic E-state index is 13.4. The number of hydrogen-bond acceptors (Lipinski definition) is 3. The van der Waals surface area contributed by atoms with Crippen molar-refractivity contribution in [2.45, 2.75) is 12.1 Å². The molecule has 2 fully saturated rings. The summed E-state index contributed by atoms with van der Waals surface area (Å²) in [6.45, 7) is 0. The number of carbonyl (C=O) groups is 1.